The molecule has 1 aliphatic carbocycles. The standard InChI is InChI=1S/C25H22N2O3/c1-3-30-25(29)21-14-27(18-7-8-18)23-15(2)19(9-10-20(23)24(21)28)16-6-11-22-17(13-16)5-4-12-26-22/h4-6,9-14,18H,3,7-8H2,1-2H3. The first-order valence-electron chi connectivity index (χ1n) is 10.3. The highest BCUT2D eigenvalue weighted by atomic mass is 16.5. The molecule has 0 amide bonds. The molecule has 0 aliphatic heterocycles. The molecule has 0 bridgehead atoms. The molecule has 0 atom stereocenters. The van der Waals surface area contributed by atoms with Crippen LogP contribution in [0, 0.1) is 6.92 Å². The lowest BCUT2D eigenvalue weighted by Gasteiger charge is -2.17. The monoisotopic (exact) mass is 398 g/mol. The van der Waals surface area contributed by atoms with E-state index in [0.717, 1.165) is 46.0 Å². The highest BCUT2D eigenvalue weighted by Crippen LogP contribution is 2.39. The summed E-state index contributed by atoms with van der Waals surface area (Å²) in [7, 11) is 0. The molecule has 2 aromatic heterocycles. The van der Waals surface area contributed by atoms with Crippen molar-refractivity contribution in [3.8, 4) is 11.1 Å². The zero-order chi connectivity index (χ0) is 20.8. The first-order valence-corrected chi connectivity index (χ1v) is 10.3. The number of hydrogen-bond acceptors (Lipinski definition) is 4. The Labute approximate surface area is 173 Å². The first-order chi connectivity index (χ1) is 14.6. The summed E-state index contributed by atoms with van der Waals surface area (Å²) in [6.07, 6.45) is 5.58. The Hall–Kier alpha value is -3.47. The van der Waals surface area contributed by atoms with Gasteiger partial charge in [0.15, 0.2) is 0 Å². The second kappa shape index (κ2) is 7.10. The van der Waals surface area contributed by atoms with E-state index < -0.39 is 5.97 Å². The van der Waals surface area contributed by atoms with Crippen molar-refractivity contribution in [3.63, 3.8) is 0 Å². The van der Waals surface area contributed by atoms with Crippen LogP contribution < -0.4 is 5.43 Å². The number of ether oxygens (including phenoxy) is 1. The van der Waals surface area contributed by atoms with Gasteiger partial charge in [0.25, 0.3) is 0 Å². The van der Waals surface area contributed by atoms with E-state index in [1.165, 1.54) is 0 Å². The van der Waals surface area contributed by atoms with Gasteiger partial charge in [0.05, 0.1) is 17.6 Å². The van der Waals surface area contributed by atoms with Crippen LogP contribution in [-0.2, 0) is 4.74 Å². The number of esters is 1. The molecule has 2 heterocycles. The fourth-order valence-electron chi connectivity index (χ4n) is 4.17. The smallest absolute Gasteiger partial charge is 0.343 e. The molecular formula is C25H22N2O3. The van der Waals surface area contributed by atoms with E-state index in [1.807, 2.05) is 37.3 Å². The predicted octanol–water partition coefficient (Wildman–Crippen LogP) is 5.04. The fraction of sp³-hybridized carbons (Fsp3) is 0.240. The van der Waals surface area contributed by atoms with Crippen LogP contribution in [0.3, 0.4) is 0 Å². The van der Waals surface area contributed by atoms with Crippen LogP contribution in [0.2, 0.25) is 0 Å². The van der Waals surface area contributed by atoms with Crippen LogP contribution in [-0.4, -0.2) is 22.1 Å². The van der Waals surface area contributed by atoms with Gasteiger partial charge in [-0.25, -0.2) is 4.79 Å². The predicted molar refractivity (Wildman–Crippen MR) is 118 cm³/mol. The van der Waals surface area contributed by atoms with E-state index in [2.05, 4.69) is 21.7 Å². The van der Waals surface area contributed by atoms with E-state index in [4.69, 9.17) is 4.74 Å². The molecule has 5 nitrogen and oxygen atoms in total. The molecule has 1 fully saturated rings. The van der Waals surface area contributed by atoms with Crippen LogP contribution in [0.15, 0.2) is 59.7 Å². The molecule has 0 unspecified atom stereocenters. The Morgan fingerprint density at radius 3 is 2.80 bits per heavy atom. The Balaban J connectivity index is 1.75. The number of hydrogen-bond donors (Lipinski definition) is 0. The lowest BCUT2D eigenvalue weighted by atomic mass is 9.95. The van der Waals surface area contributed by atoms with Crippen LogP contribution in [0.4, 0.5) is 0 Å². The molecule has 1 saturated carbocycles. The van der Waals surface area contributed by atoms with Crippen molar-refractivity contribution in [2.45, 2.75) is 32.7 Å². The minimum Gasteiger partial charge on any atom is -0.462 e. The quantitative estimate of drug-likeness (QED) is 0.452. The molecular weight excluding hydrogens is 376 g/mol. The lowest BCUT2D eigenvalue weighted by Crippen LogP contribution is -2.21. The summed E-state index contributed by atoms with van der Waals surface area (Å²) < 4.78 is 7.22. The third-order valence-electron chi connectivity index (χ3n) is 5.80. The number of aryl methyl sites for hydroxylation is 1. The molecule has 2 aromatic carbocycles. The minimum atomic E-state index is -0.553. The van der Waals surface area contributed by atoms with Crippen LogP contribution in [0.25, 0.3) is 32.9 Å². The minimum absolute atomic E-state index is 0.111. The van der Waals surface area contributed by atoms with E-state index in [-0.39, 0.29) is 17.6 Å². The van der Waals surface area contributed by atoms with Gasteiger partial charge >= 0.3 is 5.97 Å². The summed E-state index contributed by atoms with van der Waals surface area (Å²) in [5.74, 6) is -0.553. The maximum atomic E-state index is 13.1. The van der Waals surface area contributed by atoms with Gasteiger partial charge < -0.3 is 9.30 Å². The van der Waals surface area contributed by atoms with Gasteiger partial charge in [0, 0.05) is 29.2 Å². The number of benzene rings is 2. The molecule has 1 aliphatic rings. The van der Waals surface area contributed by atoms with Crippen molar-refractivity contribution in [3.05, 3.63) is 76.2 Å². The Morgan fingerprint density at radius 1 is 1.20 bits per heavy atom. The Bertz CT molecular complexity index is 1370. The zero-order valence-electron chi connectivity index (χ0n) is 17.0. The number of carbonyl (C=O) groups is 1. The van der Waals surface area contributed by atoms with Crippen molar-refractivity contribution in [2.75, 3.05) is 6.61 Å². The van der Waals surface area contributed by atoms with Gasteiger partial charge in [0.2, 0.25) is 5.43 Å². The van der Waals surface area contributed by atoms with Gasteiger partial charge in [0.1, 0.15) is 5.56 Å². The highest BCUT2D eigenvalue weighted by molar-refractivity contribution is 5.97. The number of carbonyl (C=O) groups excluding carboxylic acids is 1. The molecule has 0 spiro atoms. The van der Waals surface area contributed by atoms with Gasteiger partial charge in [-0.15, -0.1) is 0 Å². The Kier molecular flexibility index (Phi) is 4.39. The van der Waals surface area contributed by atoms with Crippen molar-refractivity contribution in [1.82, 2.24) is 9.55 Å². The molecule has 0 saturated heterocycles. The van der Waals surface area contributed by atoms with Crippen molar-refractivity contribution in [1.29, 1.82) is 0 Å². The molecule has 0 N–H and O–H groups in total. The van der Waals surface area contributed by atoms with Gasteiger partial charge in [-0.3, -0.25) is 9.78 Å². The van der Waals surface area contributed by atoms with Crippen LogP contribution >= 0.6 is 0 Å². The van der Waals surface area contributed by atoms with E-state index in [1.54, 1.807) is 19.3 Å². The topological polar surface area (TPSA) is 61.2 Å². The van der Waals surface area contributed by atoms with E-state index in [0.29, 0.717) is 11.4 Å². The molecule has 5 rings (SSSR count). The SMILES string of the molecule is CCOC(=O)c1cn(C2CC2)c2c(C)c(-c3ccc4ncccc4c3)ccc2c1=O. The molecule has 5 heteroatoms. The van der Waals surface area contributed by atoms with E-state index >= 15 is 0 Å². The van der Waals surface area contributed by atoms with Gasteiger partial charge in [-0.05, 0) is 67.6 Å². The number of aromatic nitrogens is 2. The van der Waals surface area contributed by atoms with E-state index in [9.17, 15) is 9.59 Å². The number of rotatable bonds is 4. The maximum absolute atomic E-state index is 13.1. The third-order valence-corrected chi connectivity index (χ3v) is 5.80. The number of pyridine rings is 2. The fourth-order valence-corrected chi connectivity index (χ4v) is 4.17. The Morgan fingerprint density at radius 2 is 2.03 bits per heavy atom. The van der Waals surface area contributed by atoms with Crippen molar-refractivity contribution in [2.24, 2.45) is 0 Å². The van der Waals surface area contributed by atoms with Gasteiger partial charge in [-0.1, -0.05) is 18.2 Å². The summed E-state index contributed by atoms with van der Waals surface area (Å²) in [5, 5.41) is 1.64. The third kappa shape index (κ3) is 2.98. The average molecular weight is 398 g/mol. The van der Waals surface area contributed by atoms with Crippen molar-refractivity contribution < 1.29 is 9.53 Å². The zero-order valence-corrected chi connectivity index (χ0v) is 17.0. The lowest BCUT2D eigenvalue weighted by molar-refractivity contribution is 0.0524. The second-order valence-corrected chi connectivity index (χ2v) is 7.78. The van der Waals surface area contributed by atoms with Crippen molar-refractivity contribution >= 4 is 27.8 Å². The summed E-state index contributed by atoms with van der Waals surface area (Å²) in [4.78, 5) is 29.9. The summed E-state index contributed by atoms with van der Waals surface area (Å²) in [6.45, 7) is 4.04. The molecule has 150 valence electrons. The summed E-state index contributed by atoms with van der Waals surface area (Å²) in [6, 6.07) is 14.3. The summed E-state index contributed by atoms with van der Waals surface area (Å²) >= 11 is 0. The van der Waals surface area contributed by atoms with Gasteiger partial charge in [-0.2, -0.15) is 0 Å². The van der Waals surface area contributed by atoms with Crippen LogP contribution in [0.1, 0.15) is 41.7 Å². The maximum Gasteiger partial charge on any atom is 0.343 e. The average Bonchev–Trinajstić information content (AvgIpc) is 3.59. The molecule has 0 radical (unpaired) electrons. The highest BCUT2D eigenvalue weighted by Gasteiger charge is 2.28. The number of nitrogens with zero attached hydrogens (tertiary/aromatic N) is 2. The first kappa shape index (κ1) is 18.6. The normalized spacial score (nSPS) is 13.7. The largest absolute Gasteiger partial charge is 0.462 e. The second-order valence-electron chi connectivity index (χ2n) is 7.78. The molecule has 4 aromatic rings. The summed E-state index contributed by atoms with van der Waals surface area (Å²) in [5.41, 5.74) is 4.89. The number of fused-ring (bicyclic) bond motifs is 2. The molecule has 30 heavy (non-hydrogen) atoms. The van der Waals surface area contributed by atoms with Crippen LogP contribution in [0.5, 0.6) is 0 Å².